The summed E-state index contributed by atoms with van der Waals surface area (Å²) < 4.78 is 18.7. The van der Waals surface area contributed by atoms with Gasteiger partial charge in [-0.3, -0.25) is 0 Å². The smallest absolute Gasteiger partial charge is 0.564 e. The molecule has 31 heavy (non-hydrogen) atoms. The van der Waals surface area contributed by atoms with E-state index in [1.54, 1.807) is 0 Å². The summed E-state index contributed by atoms with van der Waals surface area (Å²) in [6.07, 6.45) is 0. The predicted molar refractivity (Wildman–Crippen MR) is 126 cm³/mol. The quantitative estimate of drug-likeness (QED) is 0.505. The van der Waals surface area contributed by atoms with Crippen LogP contribution >= 0.6 is 0 Å². The van der Waals surface area contributed by atoms with Crippen molar-refractivity contribution >= 4 is 16.6 Å². The van der Waals surface area contributed by atoms with Gasteiger partial charge in [0.25, 0.3) is 0 Å². The number of ether oxygens (including phenoxy) is 1. The first-order valence-corrected chi connectivity index (χ1v) is 16.0. The van der Waals surface area contributed by atoms with E-state index in [0.717, 1.165) is 11.5 Å². The van der Waals surface area contributed by atoms with Crippen molar-refractivity contribution in [2.75, 3.05) is 0 Å². The molecule has 7 heteroatoms. The third-order valence-electron chi connectivity index (χ3n) is 6.05. The maximum atomic E-state index is 6.35. The van der Waals surface area contributed by atoms with E-state index in [1.807, 2.05) is 36.4 Å². The second kappa shape index (κ2) is 11.1. The fourth-order valence-corrected chi connectivity index (χ4v) is 4.02. The van der Waals surface area contributed by atoms with Crippen LogP contribution < -0.4 is 51.3 Å². The molecule has 0 atom stereocenters. The molecule has 160 valence electrons. The Morgan fingerprint density at radius 1 is 0.581 bits per heavy atom. The van der Waals surface area contributed by atoms with Crippen LogP contribution in [0.25, 0.3) is 0 Å². The first-order chi connectivity index (χ1) is 13.1. The molecular formula is C24H36Li2O3Si2. The fourth-order valence-electron chi connectivity index (χ4n) is 2.07. The van der Waals surface area contributed by atoms with Crippen LogP contribution in [0.15, 0.2) is 36.4 Å². The number of benzene rings is 2. The Labute approximate surface area is 216 Å². The van der Waals surface area contributed by atoms with Gasteiger partial charge in [-0.25, -0.2) is 0 Å². The van der Waals surface area contributed by atoms with E-state index in [2.05, 4.69) is 79.9 Å². The molecule has 0 fully saturated rings. The van der Waals surface area contributed by atoms with Crippen LogP contribution in [-0.2, 0) is 0 Å². The number of rotatable bonds is 6. The Bertz CT molecular complexity index is 772. The van der Waals surface area contributed by atoms with Gasteiger partial charge >= 0.3 is 37.7 Å². The average molecular weight is 443 g/mol. The second-order valence-electron chi connectivity index (χ2n) is 10.6. The Balaban J connectivity index is 0.00000450. The Morgan fingerprint density at radius 3 is 1.16 bits per heavy atom. The fraction of sp³-hybridized carbons (Fsp3) is 0.500. The molecule has 0 amide bonds. The topological polar surface area (TPSA) is 27.7 Å². The molecule has 0 saturated carbocycles. The van der Waals surface area contributed by atoms with Gasteiger partial charge in [-0.05, 0) is 47.8 Å². The predicted octanol–water partition coefficient (Wildman–Crippen LogP) is 1.86. The van der Waals surface area contributed by atoms with Gasteiger partial charge in [0, 0.05) is 11.5 Å². The molecule has 0 aliphatic carbocycles. The zero-order valence-electron chi connectivity index (χ0n) is 21.7. The molecule has 0 aliphatic rings. The first-order valence-electron chi connectivity index (χ1n) is 10.2. The van der Waals surface area contributed by atoms with Gasteiger partial charge in [-0.1, -0.05) is 53.7 Å². The minimum atomic E-state index is -1.92. The Morgan fingerprint density at radius 2 is 0.871 bits per heavy atom. The molecular weight excluding hydrogens is 406 g/mol. The summed E-state index contributed by atoms with van der Waals surface area (Å²) in [5.74, 6) is 2.68. The maximum Gasteiger partial charge on any atom is 1.00 e. The molecule has 0 heterocycles. The third-order valence-corrected chi connectivity index (χ3v) is 14.7. The molecule has 0 aromatic heterocycles. The summed E-state index contributed by atoms with van der Waals surface area (Å²) in [4.78, 5) is 0. The zero-order chi connectivity index (χ0) is 22.1. The molecule has 0 aliphatic heterocycles. The zero-order valence-corrected chi connectivity index (χ0v) is 23.7. The summed E-state index contributed by atoms with van der Waals surface area (Å²) >= 11 is 0. The van der Waals surface area contributed by atoms with Gasteiger partial charge in [-0.15, -0.1) is 24.3 Å². The normalized spacial score (nSPS) is 12.3. The minimum Gasteiger partial charge on any atom is -0.564 e. The summed E-state index contributed by atoms with van der Waals surface area (Å²) in [5, 5.41) is 0.252. The molecule has 0 spiro atoms. The van der Waals surface area contributed by atoms with E-state index >= 15 is 0 Å². The minimum absolute atomic E-state index is 0. The molecule has 0 N–H and O–H groups in total. The van der Waals surface area contributed by atoms with Crippen molar-refractivity contribution in [1.29, 1.82) is 0 Å². The molecule has 2 aromatic carbocycles. The third kappa shape index (κ3) is 8.39. The van der Waals surface area contributed by atoms with E-state index in [4.69, 9.17) is 13.6 Å². The van der Waals surface area contributed by atoms with Crippen molar-refractivity contribution in [3.8, 4) is 23.0 Å². The number of hydrogen-bond donors (Lipinski definition) is 0. The van der Waals surface area contributed by atoms with Crippen LogP contribution in [0.4, 0.5) is 0 Å². The molecule has 0 saturated heterocycles. The van der Waals surface area contributed by atoms with Crippen LogP contribution in [0.1, 0.15) is 41.5 Å². The second-order valence-corrected chi connectivity index (χ2v) is 20.0. The monoisotopic (exact) mass is 442 g/mol. The van der Waals surface area contributed by atoms with Crippen LogP contribution in [0, 0.1) is 12.1 Å². The van der Waals surface area contributed by atoms with E-state index in [9.17, 15) is 0 Å². The largest absolute Gasteiger partial charge is 1.00 e. The average Bonchev–Trinajstić information content (AvgIpc) is 2.52. The van der Waals surface area contributed by atoms with Gasteiger partial charge < -0.3 is 13.6 Å². The van der Waals surface area contributed by atoms with Crippen LogP contribution in [0.5, 0.6) is 23.0 Å². The van der Waals surface area contributed by atoms with Gasteiger partial charge in [0.1, 0.15) is 0 Å². The summed E-state index contributed by atoms with van der Waals surface area (Å²) in [5.41, 5.74) is 0. The van der Waals surface area contributed by atoms with E-state index in [-0.39, 0.29) is 47.8 Å². The molecule has 2 aromatic rings. The van der Waals surface area contributed by atoms with Crippen molar-refractivity contribution in [2.24, 2.45) is 0 Å². The first kappa shape index (κ1) is 30.5. The van der Waals surface area contributed by atoms with E-state index in [0.29, 0.717) is 11.5 Å². The molecule has 2 rings (SSSR count). The van der Waals surface area contributed by atoms with Crippen molar-refractivity contribution < 1.29 is 51.3 Å². The summed E-state index contributed by atoms with van der Waals surface area (Å²) in [7, 11) is -3.85. The molecule has 0 bridgehead atoms. The Kier molecular flexibility index (Phi) is 10.9. The van der Waals surface area contributed by atoms with Crippen molar-refractivity contribution in [2.45, 2.75) is 77.8 Å². The van der Waals surface area contributed by atoms with Gasteiger partial charge in [0.05, 0.1) is 0 Å². The molecule has 0 unspecified atom stereocenters. The van der Waals surface area contributed by atoms with Crippen LogP contribution in [0.3, 0.4) is 0 Å². The summed E-state index contributed by atoms with van der Waals surface area (Å²) in [6, 6.07) is 18.0. The van der Waals surface area contributed by atoms with E-state index in [1.165, 1.54) is 0 Å². The number of hydrogen-bond acceptors (Lipinski definition) is 3. The summed E-state index contributed by atoms with van der Waals surface area (Å²) in [6.45, 7) is 22.3. The van der Waals surface area contributed by atoms with Gasteiger partial charge in [0.15, 0.2) is 0 Å². The van der Waals surface area contributed by atoms with Gasteiger partial charge in [0.2, 0.25) is 16.6 Å². The maximum absolute atomic E-state index is 6.35. The van der Waals surface area contributed by atoms with Crippen LogP contribution in [-0.4, -0.2) is 16.6 Å². The molecule has 3 nitrogen and oxygen atoms in total. The van der Waals surface area contributed by atoms with Gasteiger partial charge in [-0.2, -0.15) is 12.1 Å². The van der Waals surface area contributed by atoms with Crippen molar-refractivity contribution in [3.63, 3.8) is 0 Å². The van der Waals surface area contributed by atoms with Crippen molar-refractivity contribution in [3.05, 3.63) is 48.5 Å². The molecule has 0 radical (unpaired) electrons. The van der Waals surface area contributed by atoms with Crippen molar-refractivity contribution in [1.82, 2.24) is 0 Å². The standard InChI is InChI=1S/C24H36O3Si2.2Li/c1-23(2,3)28(7,8)26-21-15-11-13-19(17-21)25-20-14-12-16-22(18-20)27-29(9,10)24(4,5)6;;/h11-16H,1-10H3;;/q-2;2*+1. The van der Waals surface area contributed by atoms with Crippen LogP contribution in [0.2, 0.25) is 36.3 Å². The Hall–Kier alpha value is -0.531. The SMILES string of the molecule is CC(C)(C)[Si](C)(C)Oc1[c-]c(Oc2[c-]c(O[Si](C)(C)C(C)(C)C)ccc2)ccc1.[Li+].[Li+]. The van der Waals surface area contributed by atoms with E-state index < -0.39 is 16.6 Å².